The number of carboxylic acid groups (broad SMARTS) is 1. The van der Waals surface area contributed by atoms with E-state index in [1.54, 1.807) is 0 Å². The average Bonchev–Trinajstić information content (AvgIpc) is 3.12. The molecule has 0 unspecified atom stereocenters. The molecule has 0 spiro atoms. The molecule has 2 aromatic rings. The van der Waals surface area contributed by atoms with Crippen molar-refractivity contribution in [2.24, 2.45) is 0 Å². The number of carbonyl (C=O) groups is 3. The maximum absolute atomic E-state index is 12.1. The first-order valence-electron chi connectivity index (χ1n) is 10.7. The number of carbonyl (C=O) groups excluding carboxylic acids is 2. The van der Waals surface area contributed by atoms with Gasteiger partial charge < -0.3 is 15.2 Å². The molecule has 8 heteroatoms. The van der Waals surface area contributed by atoms with Crippen molar-refractivity contribution >= 4 is 18.0 Å². The Bertz CT molecular complexity index is 916. The van der Waals surface area contributed by atoms with E-state index < -0.39 is 18.7 Å². The molecule has 0 aliphatic heterocycles. The van der Waals surface area contributed by atoms with Gasteiger partial charge in [0.15, 0.2) is 6.61 Å². The Kier molecular flexibility index (Phi) is 8.21. The van der Waals surface area contributed by atoms with E-state index >= 15 is 0 Å². The molecule has 0 bridgehead atoms. The summed E-state index contributed by atoms with van der Waals surface area (Å²) in [4.78, 5) is 39.2. The summed E-state index contributed by atoms with van der Waals surface area (Å²) in [6, 6.07) is 16.4. The number of unbranched alkanes of at least 4 members (excludes halogenated alkanes) is 2. The third kappa shape index (κ3) is 6.07. The van der Waals surface area contributed by atoms with Crippen LogP contribution in [0.15, 0.2) is 48.5 Å². The van der Waals surface area contributed by atoms with Gasteiger partial charge in [0.25, 0.3) is 0 Å². The van der Waals surface area contributed by atoms with Crippen LogP contribution in [0.25, 0.3) is 11.1 Å². The Morgan fingerprint density at radius 1 is 0.969 bits per heavy atom. The van der Waals surface area contributed by atoms with E-state index in [1.807, 2.05) is 24.3 Å². The number of aliphatic carboxylic acids is 1. The van der Waals surface area contributed by atoms with Crippen LogP contribution in [0.3, 0.4) is 0 Å². The van der Waals surface area contributed by atoms with E-state index in [9.17, 15) is 14.4 Å². The van der Waals surface area contributed by atoms with Gasteiger partial charge in [0.2, 0.25) is 5.91 Å². The lowest BCUT2D eigenvalue weighted by molar-refractivity contribution is -0.185. The van der Waals surface area contributed by atoms with Gasteiger partial charge in [-0.3, -0.25) is 9.63 Å². The van der Waals surface area contributed by atoms with Gasteiger partial charge in [-0.25, -0.2) is 14.7 Å². The van der Waals surface area contributed by atoms with E-state index in [2.05, 4.69) is 29.6 Å². The Morgan fingerprint density at radius 2 is 1.59 bits per heavy atom. The largest absolute Gasteiger partial charge is 0.479 e. The number of ether oxygens (including phenoxy) is 1. The van der Waals surface area contributed by atoms with E-state index in [0.717, 1.165) is 11.5 Å². The minimum absolute atomic E-state index is 0.0273. The van der Waals surface area contributed by atoms with E-state index in [4.69, 9.17) is 14.7 Å². The topological polar surface area (TPSA) is 105 Å². The summed E-state index contributed by atoms with van der Waals surface area (Å²) in [7, 11) is 1.39. The molecule has 32 heavy (non-hydrogen) atoms. The van der Waals surface area contributed by atoms with Gasteiger partial charge >= 0.3 is 12.1 Å². The van der Waals surface area contributed by atoms with Gasteiger partial charge in [-0.15, -0.1) is 0 Å². The number of alkyl carbamates (subject to hydrolysis) is 1. The smallest absolute Gasteiger partial charge is 0.407 e. The van der Waals surface area contributed by atoms with Crippen molar-refractivity contribution in [3.63, 3.8) is 0 Å². The van der Waals surface area contributed by atoms with Gasteiger partial charge in [-0.2, -0.15) is 0 Å². The number of benzene rings is 2. The number of rotatable bonds is 11. The maximum atomic E-state index is 12.1. The standard InChI is InChI=1S/C24H28N2O6/c1-26(32-16-23(28)29)22(27)13-3-2-8-14-25-24(30)31-15-21-19-11-6-4-9-17(19)18-10-5-7-12-20(18)21/h4-7,9-12,21H,2-3,8,13-16H2,1H3,(H,25,30)(H,28,29). The number of carboxylic acids is 1. The Morgan fingerprint density at radius 3 is 2.22 bits per heavy atom. The Balaban J connectivity index is 1.34. The zero-order chi connectivity index (χ0) is 22.9. The fourth-order valence-electron chi connectivity index (χ4n) is 3.80. The molecule has 0 radical (unpaired) electrons. The predicted molar refractivity (Wildman–Crippen MR) is 118 cm³/mol. The Hall–Kier alpha value is -3.39. The van der Waals surface area contributed by atoms with Crippen molar-refractivity contribution in [3.05, 3.63) is 59.7 Å². The van der Waals surface area contributed by atoms with Crippen molar-refractivity contribution in [2.75, 3.05) is 26.8 Å². The number of nitrogens with one attached hydrogen (secondary N) is 1. The monoisotopic (exact) mass is 440 g/mol. The summed E-state index contributed by atoms with van der Waals surface area (Å²) < 4.78 is 5.49. The van der Waals surface area contributed by atoms with Crippen molar-refractivity contribution in [1.29, 1.82) is 0 Å². The van der Waals surface area contributed by atoms with Crippen LogP contribution in [0.4, 0.5) is 4.79 Å². The second-order valence-corrected chi connectivity index (χ2v) is 7.62. The van der Waals surface area contributed by atoms with Crippen LogP contribution in [0.2, 0.25) is 0 Å². The lowest BCUT2D eigenvalue weighted by Gasteiger charge is -2.15. The molecule has 1 aliphatic rings. The normalized spacial score (nSPS) is 12.0. The van der Waals surface area contributed by atoms with Crippen LogP contribution in [-0.4, -0.2) is 54.9 Å². The van der Waals surface area contributed by atoms with Crippen LogP contribution in [-0.2, 0) is 19.2 Å². The maximum Gasteiger partial charge on any atom is 0.407 e. The first-order chi connectivity index (χ1) is 15.5. The molecule has 0 saturated carbocycles. The van der Waals surface area contributed by atoms with Gasteiger partial charge in [0, 0.05) is 25.9 Å². The highest BCUT2D eigenvalue weighted by Crippen LogP contribution is 2.44. The molecule has 0 saturated heterocycles. The van der Waals surface area contributed by atoms with Crippen LogP contribution >= 0.6 is 0 Å². The average molecular weight is 440 g/mol. The van der Waals surface area contributed by atoms with Crippen LogP contribution < -0.4 is 5.32 Å². The predicted octanol–water partition coefficient (Wildman–Crippen LogP) is 3.56. The molecular formula is C24H28N2O6. The fraction of sp³-hybridized carbons (Fsp3) is 0.375. The van der Waals surface area contributed by atoms with Gasteiger partial charge in [-0.1, -0.05) is 55.0 Å². The minimum Gasteiger partial charge on any atom is -0.479 e. The molecule has 1 aliphatic carbocycles. The van der Waals surface area contributed by atoms with E-state index in [-0.39, 0.29) is 24.9 Å². The van der Waals surface area contributed by atoms with Crippen molar-refractivity contribution in [3.8, 4) is 11.1 Å². The molecular weight excluding hydrogens is 412 g/mol. The molecule has 3 rings (SSSR count). The van der Waals surface area contributed by atoms with Crippen LogP contribution in [0, 0.1) is 0 Å². The second-order valence-electron chi connectivity index (χ2n) is 7.62. The summed E-state index contributed by atoms with van der Waals surface area (Å²) in [5, 5.41) is 12.2. The van der Waals surface area contributed by atoms with Crippen LogP contribution in [0.5, 0.6) is 0 Å². The molecule has 2 N–H and O–H groups in total. The lowest BCUT2D eigenvalue weighted by atomic mass is 9.98. The van der Waals surface area contributed by atoms with Crippen LogP contribution in [0.1, 0.15) is 42.7 Å². The number of hydrogen-bond acceptors (Lipinski definition) is 5. The number of fused-ring (bicyclic) bond motifs is 3. The highest BCUT2D eigenvalue weighted by atomic mass is 16.7. The third-order valence-electron chi connectivity index (χ3n) is 5.41. The molecule has 0 aromatic heterocycles. The summed E-state index contributed by atoms with van der Waals surface area (Å²) in [5.74, 6) is -1.39. The third-order valence-corrected chi connectivity index (χ3v) is 5.41. The summed E-state index contributed by atoms with van der Waals surface area (Å²) in [5.41, 5.74) is 4.71. The highest BCUT2D eigenvalue weighted by molar-refractivity contribution is 5.79. The molecule has 2 amide bonds. The summed E-state index contributed by atoms with van der Waals surface area (Å²) >= 11 is 0. The van der Waals surface area contributed by atoms with Gasteiger partial charge in [-0.05, 0) is 35.1 Å². The SMILES string of the molecule is CN(OCC(=O)O)C(=O)CCCCCNC(=O)OCC1c2ccccc2-c2ccccc21. The molecule has 170 valence electrons. The van der Waals surface area contributed by atoms with Crippen molar-refractivity contribution < 1.29 is 29.1 Å². The second kappa shape index (κ2) is 11.3. The summed E-state index contributed by atoms with van der Waals surface area (Å²) in [6.45, 7) is 0.180. The fourth-order valence-corrected chi connectivity index (χ4v) is 3.80. The number of nitrogens with zero attached hydrogens (tertiary/aromatic N) is 1. The number of hydrogen-bond donors (Lipinski definition) is 2. The van der Waals surface area contributed by atoms with Crippen molar-refractivity contribution in [2.45, 2.75) is 31.6 Å². The zero-order valence-electron chi connectivity index (χ0n) is 18.1. The minimum atomic E-state index is -1.14. The van der Waals surface area contributed by atoms with E-state index in [1.165, 1.54) is 29.3 Å². The quantitative estimate of drug-likeness (QED) is 0.409. The molecule has 0 fully saturated rings. The van der Waals surface area contributed by atoms with Gasteiger partial charge in [0.05, 0.1) is 0 Å². The number of amides is 2. The molecule has 2 aromatic carbocycles. The van der Waals surface area contributed by atoms with E-state index in [0.29, 0.717) is 19.4 Å². The molecule has 8 nitrogen and oxygen atoms in total. The van der Waals surface area contributed by atoms with Gasteiger partial charge in [0.1, 0.15) is 6.61 Å². The summed E-state index contributed by atoms with van der Waals surface area (Å²) in [6.07, 6.45) is 1.86. The lowest BCUT2D eigenvalue weighted by Crippen LogP contribution is -2.29. The molecule has 0 atom stereocenters. The highest BCUT2D eigenvalue weighted by Gasteiger charge is 2.28. The first-order valence-corrected chi connectivity index (χ1v) is 10.7. The first kappa shape index (κ1) is 23.3. The van der Waals surface area contributed by atoms with Crippen molar-refractivity contribution in [1.82, 2.24) is 10.4 Å². The Labute approximate surface area is 187 Å². The zero-order valence-corrected chi connectivity index (χ0v) is 18.1. The molecule has 0 heterocycles. The number of hydroxylamine groups is 2.